The first-order valence-corrected chi connectivity index (χ1v) is 11.2. The molecule has 7 heteroatoms. The minimum atomic E-state index is -0.324. The summed E-state index contributed by atoms with van der Waals surface area (Å²) in [6, 6.07) is 21.0. The normalized spacial score (nSPS) is 16.7. The fourth-order valence-corrected chi connectivity index (χ4v) is 4.94. The summed E-state index contributed by atoms with van der Waals surface area (Å²) < 4.78 is 21.9. The minimum absolute atomic E-state index is 0.0761. The van der Waals surface area contributed by atoms with Crippen molar-refractivity contribution in [3.05, 3.63) is 82.8 Å². The highest BCUT2D eigenvalue weighted by Gasteiger charge is 2.39. The zero-order valence-electron chi connectivity index (χ0n) is 18.9. The minimum Gasteiger partial charge on any atom is -0.497 e. The summed E-state index contributed by atoms with van der Waals surface area (Å²) in [7, 11) is 6.34. The van der Waals surface area contributed by atoms with Crippen LogP contribution in [0.1, 0.15) is 16.5 Å². The van der Waals surface area contributed by atoms with E-state index in [0.29, 0.717) is 22.2 Å². The standard InChI is InChI=1S/C26H25NO5S/c1-29-20-12-10-19(11-13-20)27-25(28)23(14-17-8-6-5-7-9-17)33-26(27)18-15-21(30-2)24(32-4)22(16-18)31-3/h5-16,26H,1-4H3/b23-14+. The average molecular weight is 464 g/mol. The van der Waals surface area contributed by atoms with Crippen LogP contribution < -0.4 is 23.8 Å². The fourth-order valence-electron chi connectivity index (χ4n) is 3.70. The Morgan fingerprint density at radius 2 is 1.45 bits per heavy atom. The second kappa shape index (κ2) is 9.92. The number of thioether (sulfide) groups is 1. The predicted octanol–water partition coefficient (Wildman–Crippen LogP) is 5.54. The van der Waals surface area contributed by atoms with Gasteiger partial charge in [-0.15, -0.1) is 0 Å². The molecule has 6 nitrogen and oxygen atoms in total. The molecule has 4 rings (SSSR count). The molecule has 0 bridgehead atoms. The summed E-state index contributed by atoms with van der Waals surface area (Å²) in [5.74, 6) is 2.23. The van der Waals surface area contributed by atoms with Crippen molar-refractivity contribution in [2.45, 2.75) is 5.37 Å². The zero-order chi connectivity index (χ0) is 23.4. The maximum Gasteiger partial charge on any atom is 0.266 e. The molecular formula is C26H25NO5S. The second-order valence-corrected chi connectivity index (χ2v) is 8.34. The van der Waals surface area contributed by atoms with Gasteiger partial charge in [-0.05, 0) is 53.6 Å². The van der Waals surface area contributed by atoms with Gasteiger partial charge in [0.15, 0.2) is 11.5 Å². The van der Waals surface area contributed by atoms with E-state index in [1.807, 2.05) is 72.8 Å². The largest absolute Gasteiger partial charge is 0.497 e. The lowest BCUT2D eigenvalue weighted by molar-refractivity contribution is -0.114. The first-order valence-electron chi connectivity index (χ1n) is 10.3. The Morgan fingerprint density at radius 3 is 2.00 bits per heavy atom. The molecule has 0 N–H and O–H groups in total. The van der Waals surface area contributed by atoms with E-state index in [1.54, 1.807) is 33.3 Å². The molecule has 1 unspecified atom stereocenters. The van der Waals surface area contributed by atoms with Gasteiger partial charge in [-0.25, -0.2) is 0 Å². The van der Waals surface area contributed by atoms with Crippen molar-refractivity contribution in [1.29, 1.82) is 0 Å². The molecule has 1 amide bonds. The van der Waals surface area contributed by atoms with Crippen LogP contribution in [0.25, 0.3) is 6.08 Å². The van der Waals surface area contributed by atoms with Crippen molar-refractivity contribution in [3.63, 3.8) is 0 Å². The topological polar surface area (TPSA) is 57.2 Å². The lowest BCUT2D eigenvalue weighted by Gasteiger charge is -2.25. The molecule has 0 saturated carbocycles. The van der Waals surface area contributed by atoms with Crippen LogP contribution in [0.15, 0.2) is 71.6 Å². The molecule has 1 saturated heterocycles. The Hall–Kier alpha value is -3.58. The summed E-state index contributed by atoms with van der Waals surface area (Å²) in [5, 5.41) is -0.324. The van der Waals surface area contributed by atoms with E-state index in [9.17, 15) is 4.79 Å². The fraction of sp³-hybridized carbons (Fsp3) is 0.192. The molecule has 1 aliphatic rings. The van der Waals surface area contributed by atoms with Crippen LogP contribution in [0.4, 0.5) is 5.69 Å². The van der Waals surface area contributed by atoms with Gasteiger partial charge in [0, 0.05) is 5.69 Å². The zero-order valence-corrected chi connectivity index (χ0v) is 19.7. The van der Waals surface area contributed by atoms with Crippen LogP contribution in [0.3, 0.4) is 0 Å². The third-order valence-corrected chi connectivity index (χ3v) is 6.58. The maximum absolute atomic E-state index is 13.6. The number of ether oxygens (including phenoxy) is 4. The number of anilines is 1. The van der Waals surface area contributed by atoms with E-state index in [0.717, 1.165) is 22.6 Å². The number of hydrogen-bond acceptors (Lipinski definition) is 6. The number of benzene rings is 3. The van der Waals surface area contributed by atoms with Gasteiger partial charge in [-0.1, -0.05) is 42.1 Å². The molecule has 0 radical (unpaired) electrons. The molecule has 0 aliphatic carbocycles. The highest BCUT2D eigenvalue weighted by molar-refractivity contribution is 8.05. The van der Waals surface area contributed by atoms with Gasteiger partial charge >= 0.3 is 0 Å². The number of amides is 1. The SMILES string of the molecule is COc1ccc(N2C(=O)/C(=C\c3ccccc3)SC2c2cc(OC)c(OC)c(OC)c2)cc1. The lowest BCUT2D eigenvalue weighted by Crippen LogP contribution is -2.27. The molecule has 1 fully saturated rings. The van der Waals surface area contributed by atoms with Crippen molar-refractivity contribution >= 4 is 29.4 Å². The highest BCUT2D eigenvalue weighted by atomic mass is 32.2. The Bertz CT molecular complexity index is 1140. The number of nitrogens with zero attached hydrogens (tertiary/aromatic N) is 1. The van der Waals surface area contributed by atoms with Gasteiger partial charge in [-0.2, -0.15) is 0 Å². The van der Waals surface area contributed by atoms with Gasteiger partial charge < -0.3 is 18.9 Å². The number of carbonyl (C=O) groups is 1. The smallest absolute Gasteiger partial charge is 0.266 e. The van der Waals surface area contributed by atoms with Crippen LogP contribution in [0, 0.1) is 0 Å². The molecule has 0 aromatic heterocycles. The lowest BCUT2D eigenvalue weighted by atomic mass is 10.1. The number of carbonyl (C=O) groups excluding carboxylic acids is 1. The number of hydrogen-bond donors (Lipinski definition) is 0. The Labute approximate surface area is 197 Å². The highest BCUT2D eigenvalue weighted by Crippen LogP contribution is 2.51. The first-order chi connectivity index (χ1) is 16.1. The number of methoxy groups -OCH3 is 4. The van der Waals surface area contributed by atoms with Crippen molar-refractivity contribution in [2.75, 3.05) is 33.3 Å². The molecule has 170 valence electrons. The van der Waals surface area contributed by atoms with Crippen LogP contribution in [0.2, 0.25) is 0 Å². The molecule has 1 heterocycles. The van der Waals surface area contributed by atoms with Gasteiger partial charge in [0.2, 0.25) is 5.75 Å². The molecule has 1 atom stereocenters. The van der Waals surface area contributed by atoms with Gasteiger partial charge in [0.25, 0.3) is 5.91 Å². The van der Waals surface area contributed by atoms with Crippen LogP contribution >= 0.6 is 11.8 Å². The molecular weight excluding hydrogens is 438 g/mol. The monoisotopic (exact) mass is 463 g/mol. The van der Waals surface area contributed by atoms with E-state index in [-0.39, 0.29) is 11.3 Å². The van der Waals surface area contributed by atoms with Crippen LogP contribution in [0.5, 0.6) is 23.0 Å². The summed E-state index contributed by atoms with van der Waals surface area (Å²) in [4.78, 5) is 16.0. The van der Waals surface area contributed by atoms with Gasteiger partial charge in [0.05, 0.1) is 33.3 Å². The molecule has 3 aromatic carbocycles. The van der Waals surface area contributed by atoms with E-state index in [4.69, 9.17) is 18.9 Å². The third-order valence-electron chi connectivity index (χ3n) is 5.32. The average Bonchev–Trinajstić information content (AvgIpc) is 3.19. The van der Waals surface area contributed by atoms with Crippen molar-refractivity contribution < 1.29 is 23.7 Å². The summed E-state index contributed by atoms with van der Waals surface area (Å²) in [6.45, 7) is 0. The molecule has 33 heavy (non-hydrogen) atoms. The number of rotatable bonds is 7. The first kappa shape index (κ1) is 22.6. The third kappa shape index (κ3) is 4.50. The van der Waals surface area contributed by atoms with Crippen molar-refractivity contribution in [2.24, 2.45) is 0 Å². The summed E-state index contributed by atoms with van der Waals surface area (Å²) in [6.07, 6.45) is 1.92. The quantitative estimate of drug-likeness (QED) is 0.429. The van der Waals surface area contributed by atoms with E-state index < -0.39 is 0 Å². The Balaban J connectivity index is 1.83. The van der Waals surface area contributed by atoms with E-state index in [2.05, 4.69) is 0 Å². The van der Waals surface area contributed by atoms with Crippen molar-refractivity contribution in [1.82, 2.24) is 0 Å². The van der Waals surface area contributed by atoms with Crippen LogP contribution in [-0.4, -0.2) is 34.3 Å². The van der Waals surface area contributed by atoms with Crippen LogP contribution in [-0.2, 0) is 4.79 Å². The Kier molecular flexibility index (Phi) is 6.79. The molecule has 3 aromatic rings. The second-order valence-electron chi connectivity index (χ2n) is 7.22. The molecule has 0 spiro atoms. The van der Waals surface area contributed by atoms with E-state index in [1.165, 1.54) is 11.8 Å². The van der Waals surface area contributed by atoms with Crippen molar-refractivity contribution in [3.8, 4) is 23.0 Å². The predicted molar refractivity (Wildman–Crippen MR) is 131 cm³/mol. The Morgan fingerprint density at radius 1 is 0.818 bits per heavy atom. The maximum atomic E-state index is 13.6. The van der Waals surface area contributed by atoms with Gasteiger partial charge in [-0.3, -0.25) is 9.69 Å². The van der Waals surface area contributed by atoms with E-state index >= 15 is 0 Å². The van der Waals surface area contributed by atoms with Gasteiger partial charge in [0.1, 0.15) is 11.1 Å². The summed E-state index contributed by atoms with van der Waals surface area (Å²) >= 11 is 1.49. The molecule has 1 aliphatic heterocycles. The summed E-state index contributed by atoms with van der Waals surface area (Å²) in [5.41, 5.74) is 2.59.